The molecular weight excluding hydrogens is 482 g/mol. The maximum atomic E-state index is 2.49. The monoisotopic (exact) mass is 513 g/mol. The van der Waals surface area contributed by atoms with Crippen LogP contribution in [-0.2, 0) is 6.54 Å². The zero-order valence-electron chi connectivity index (χ0n) is 22.9. The number of aryl methyl sites for hydroxylation is 2. The third-order valence-electron chi connectivity index (χ3n) is 8.22. The number of para-hydroxylation sites is 1. The fraction of sp³-hybridized carbons (Fsp3) is 0.0769. The molecule has 0 bridgehead atoms. The molecular formula is C39H31N. The first-order valence-corrected chi connectivity index (χ1v) is 14.0. The Morgan fingerprint density at radius 1 is 0.425 bits per heavy atom. The summed E-state index contributed by atoms with van der Waals surface area (Å²) in [5, 5.41) is 10.7. The van der Waals surface area contributed by atoms with Gasteiger partial charge in [-0.05, 0) is 75.5 Å². The van der Waals surface area contributed by atoms with Gasteiger partial charge in [0.25, 0.3) is 0 Å². The number of nitrogens with zero attached hydrogens (tertiary/aromatic N) is 1. The largest absolute Gasteiger partial charge is 0.336 e. The van der Waals surface area contributed by atoms with Crippen LogP contribution >= 0.6 is 0 Å². The quantitative estimate of drug-likeness (QED) is 0.203. The van der Waals surface area contributed by atoms with E-state index in [1.54, 1.807) is 0 Å². The summed E-state index contributed by atoms with van der Waals surface area (Å²) >= 11 is 0. The minimum absolute atomic E-state index is 0.856. The SMILES string of the molecule is Cc1ccc2c(c1)c1ccccc1n2Cc1c2ccccc2c(C)c2ccccc12.c1ccc2ccccc2c1. The van der Waals surface area contributed by atoms with Gasteiger partial charge in [-0.15, -0.1) is 0 Å². The van der Waals surface area contributed by atoms with Crippen molar-refractivity contribution >= 4 is 54.1 Å². The van der Waals surface area contributed by atoms with Gasteiger partial charge in [0.15, 0.2) is 0 Å². The van der Waals surface area contributed by atoms with E-state index < -0.39 is 0 Å². The van der Waals surface area contributed by atoms with Crippen molar-refractivity contribution in [3.05, 3.63) is 156 Å². The molecule has 0 amide bonds. The summed E-state index contributed by atoms with van der Waals surface area (Å²) in [6.07, 6.45) is 0. The highest BCUT2D eigenvalue weighted by atomic mass is 15.0. The molecule has 0 aliphatic rings. The lowest BCUT2D eigenvalue weighted by Gasteiger charge is -2.16. The molecule has 0 aliphatic carbocycles. The Kier molecular flexibility index (Phi) is 6.06. The van der Waals surface area contributed by atoms with Crippen LogP contribution < -0.4 is 0 Å². The van der Waals surface area contributed by atoms with Crippen LogP contribution in [0.5, 0.6) is 0 Å². The van der Waals surface area contributed by atoms with Gasteiger partial charge >= 0.3 is 0 Å². The van der Waals surface area contributed by atoms with Crippen molar-refractivity contribution < 1.29 is 0 Å². The second kappa shape index (κ2) is 10.0. The number of fused-ring (bicyclic) bond motifs is 6. The van der Waals surface area contributed by atoms with Gasteiger partial charge in [-0.1, -0.05) is 127 Å². The van der Waals surface area contributed by atoms with Crippen LogP contribution in [0.15, 0.2) is 140 Å². The minimum atomic E-state index is 0.856. The van der Waals surface area contributed by atoms with Gasteiger partial charge in [0.1, 0.15) is 0 Å². The normalized spacial score (nSPS) is 11.3. The molecule has 0 spiro atoms. The molecule has 0 unspecified atom stereocenters. The first-order chi connectivity index (χ1) is 19.7. The van der Waals surface area contributed by atoms with E-state index in [-0.39, 0.29) is 0 Å². The fourth-order valence-electron chi connectivity index (χ4n) is 6.24. The van der Waals surface area contributed by atoms with Crippen LogP contribution in [0, 0.1) is 13.8 Å². The van der Waals surface area contributed by atoms with E-state index in [0.29, 0.717) is 0 Å². The summed E-state index contributed by atoms with van der Waals surface area (Å²) in [6.45, 7) is 5.28. The number of benzene rings is 7. The molecule has 1 aromatic heterocycles. The topological polar surface area (TPSA) is 4.93 Å². The Hall–Kier alpha value is -4.88. The van der Waals surface area contributed by atoms with Crippen LogP contribution in [0.3, 0.4) is 0 Å². The highest BCUT2D eigenvalue weighted by molar-refractivity contribution is 6.09. The molecule has 0 fully saturated rings. The second-order valence-electron chi connectivity index (χ2n) is 10.7. The van der Waals surface area contributed by atoms with Gasteiger partial charge in [0.05, 0.1) is 0 Å². The molecule has 0 radical (unpaired) electrons. The summed E-state index contributed by atoms with van der Waals surface area (Å²) < 4.78 is 2.49. The lowest BCUT2D eigenvalue weighted by Crippen LogP contribution is -2.02. The molecule has 8 rings (SSSR count). The highest BCUT2D eigenvalue weighted by Crippen LogP contribution is 2.36. The first kappa shape index (κ1) is 24.2. The Morgan fingerprint density at radius 3 is 1.45 bits per heavy atom. The Labute approximate surface area is 234 Å². The van der Waals surface area contributed by atoms with Crippen LogP contribution in [0.1, 0.15) is 16.7 Å². The molecule has 1 heterocycles. The zero-order chi connectivity index (χ0) is 27.1. The van der Waals surface area contributed by atoms with Gasteiger partial charge in [-0.3, -0.25) is 0 Å². The van der Waals surface area contributed by atoms with Gasteiger partial charge < -0.3 is 4.57 Å². The minimum Gasteiger partial charge on any atom is -0.336 e. The van der Waals surface area contributed by atoms with Crippen molar-refractivity contribution in [3.8, 4) is 0 Å². The standard InChI is InChI=1S/C29H23N.C10H8/c1-19-15-16-29-26(17-19)25-13-7-8-14-28(25)30(29)18-27-23-11-5-3-9-21(23)20(2)22-10-4-6-12-24(22)27;1-2-6-10-8-4-3-7-9(10)5-1/h3-17H,18H2,1-2H3;1-8H. The van der Waals surface area contributed by atoms with E-state index in [9.17, 15) is 0 Å². The van der Waals surface area contributed by atoms with E-state index >= 15 is 0 Å². The third-order valence-corrected chi connectivity index (χ3v) is 8.22. The Balaban J connectivity index is 0.000000222. The smallest absolute Gasteiger partial charge is 0.0494 e. The van der Waals surface area contributed by atoms with Crippen LogP contribution in [0.4, 0.5) is 0 Å². The predicted octanol–water partition coefficient (Wildman–Crippen LogP) is 10.6. The molecule has 1 heteroatoms. The Bertz CT molecular complexity index is 2040. The van der Waals surface area contributed by atoms with Crippen LogP contribution in [-0.4, -0.2) is 4.57 Å². The van der Waals surface area contributed by atoms with Crippen molar-refractivity contribution in [1.82, 2.24) is 4.57 Å². The lowest BCUT2D eigenvalue weighted by molar-refractivity contribution is 0.882. The molecule has 7 aromatic carbocycles. The average Bonchev–Trinajstić information content (AvgIpc) is 3.32. The van der Waals surface area contributed by atoms with Crippen molar-refractivity contribution in [2.75, 3.05) is 0 Å². The molecule has 0 saturated heterocycles. The molecule has 192 valence electrons. The van der Waals surface area contributed by atoms with Crippen molar-refractivity contribution in [3.63, 3.8) is 0 Å². The molecule has 1 nitrogen and oxygen atoms in total. The van der Waals surface area contributed by atoms with Gasteiger partial charge in [-0.25, -0.2) is 0 Å². The van der Waals surface area contributed by atoms with E-state index in [2.05, 4.69) is 158 Å². The predicted molar refractivity (Wildman–Crippen MR) is 173 cm³/mol. The van der Waals surface area contributed by atoms with E-state index in [1.165, 1.54) is 70.8 Å². The summed E-state index contributed by atoms with van der Waals surface area (Å²) in [6, 6.07) is 50.0. The van der Waals surface area contributed by atoms with Crippen molar-refractivity contribution in [2.45, 2.75) is 20.4 Å². The van der Waals surface area contributed by atoms with Crippen molar-refractivity contribution in [1.29, 1.82) is 0 Å². The Morgan fingerprint density at radius 2 is 0.875 bits per heavy atom. The molecule has 0 aliphatic heterocycles. The molecule has 0 atom stereocenters. The molecule has 8 aromatic rings. The number of rotatable bonds is 2. The fourth-order valence-corrected chi connectivity index (χ4v) is 6.24. The maximum Gasteiger partial charge on any atom is 0.0494 e. The maximum absolute atomic E-state index is 2.49. The van der Waals surface area contributed by atoms with Crippen molar-refractivity contribution in [2.24, 2.45) is 0 Å². The second-order valence-corrected chi connectivity index (χ2v) is 10.7. The van der Waals surface area contributed by atoms with Crippen LogP contribution in [0.2, 0.25) is 0 Å². The summed E-state index contributed by atoms with van der Waals surface area (Å²) in [5.41, 5.74) is 6.66. The van der Waals surface area contributed by atoms with Gasteiger partial charge in [0, 0.05) is 28.4 Å². The lowest BCUT2D eigenvalue weighted by atomic mass is 9.92. The summed E-state index contributed by atoms with van der Waals surface area (Å²) in [7, 11) is 0. The molecule has 0 saturated carbocycles. The van der Waals surface area contributed by atoms with Gasteiger partial charge in [-0.2, -0.15) is 0 Å². The molecule has 40 heavy (non-hydrogen) atoms. The first-order valence-electron chi connectivity index (χ1n) is 14.0. The highest BCUT2D eigenvalue weighted by Gasteiger charge is 2.15. The average molecular weight is 514 g/mol. The van der Waals surface area contributed by atoms with Gasteiger partial charge in [0.2, 0.25) is 0 Å². The van der Waals surface area contributed by atoms with E-state index in [4.69, 9.17) is 0 Å². The van der Waals surface area contributed by atoms with E-state index in [1.807, 2.05) is 0 Å². The summed E-state index contributed by atoms with van der Waals surface area (Å²) in [5.74, 6) is 0. The van der Waals surface area contributed by atoms with Crippen LogP contribution in [0.25, 0.3) is 54.1 Å². The summed E-state index contributed by atoms with van der Waals surface area (Å²) in [4.78, 5) is 0. The number of aromatic nitrogens is 1. The third kappa shape index (κ3) is 4.12. The van der Waals surface area contributed by atoms with E-state index in [0.717, 1.165) is 6.54 Å². The zero-order valence-corrected chi connectivity index (χ0v) is 22.9. The number of hydrogen-bond acceptors (Lipinski definition) is 0. The molecule has 0 N–H and O–H groups in total. The number of hydrogen-bond donors (Lipinski definition) is 0.